The van der Waals surface area contributed by atoms with Crippen LogP contribution in [0.4, 0.5) is 0 Å². The van der Waals surface area contributed by atoms with Gasteiger partial charge in [0.05, 0.1) is 35.3 Å². The number of hydrogen-bond donors (Lipinski definition) is 7. The molecule has 0 amide bonds. The maximum absolute atomic E-state index is 13.0. The first-order valence-corrected chi connectivity index (χ1v) is 28.5. The van der Waals surface area contributed by atoms with Gasteiger partial charge in [-0.05, 0) is 222 Å². The second-order valence-corrected chi connectivity index (χ2v) is 26.6. The summed E-state index contributed by atoms with van der Waals surface area (Å²) >= 11 is 0. The van der Waals surface area contributed by atoms with Gasteiger partial charge in [0, 0.05) is 29.6 Å². The van der Waals surface area contributed by atoms with E-state index in [1.165, 1.54) is 127 Å². The first-order valence-electron chi connectivity index (χ1n) is 28.5. The summed E-state index contributed by atoms with van der Waals surface area (Å²) in [5, 5.41) is 81.8. The van der Waals surface area contributed by atoms with Gasteiger partial charge in [0.2, 0.25) is 6.29 Å². The van der Waals surface area contributed by atoms with E-state index in [1.54, 1.807) is 0 Å². The summed E-state index contributed by atoms with van der Waals surface area (Å²) in [6.07, 6.45) is 18.3. The van der Waals surface area contributed by atoms with Gasteiger partial charge in [0.25, 0.3) is 0 Å². The summed E-state index contributed by atoms with van der Waals surface area (Å²) in [4.78, 5) is 25.4. The number of carboxylic acid groups (broad SMARTS) is 1. The summed E-state index contributed by atoms with van der Waals surface area (Å²) in [6.45, 7) is 4.01. The maximum Gasteiger partial charge on any atom is 0.335 e. The van der Waals surface area contributed by atoms with Crippen LogP contribution in [0.3, 0.4) is 0 Å². The minimum absolute atomic E-state index is 0.0564. The number of carbonyl (C=O) groups excluding carboxylic acids is 1. The number of phenols is 2. The summed E-state index contributed by atoms with van der Waals surface area (Å²) < 4.78 is 27.4. The number of benzene rings is 2. The van der Waals surface area contributed by atoms with E-state index in [0.29, 0.717) is 61.1 Å². The molecule has 394 valence electrons. The van der Waals surface area contributed by atoms with Crippen LogP contribution in [-0.2, 0) is 14.2 Å². The van der Waals surface area contributed by atoms with Gasteiger partial charge in [0.15, 0.2) is 5.78 Å². The van der Waals surface area contributed by atoms with Crippen molar-refractivity contribution < 1.29 is 64.3 Å². The lowest BCUT2D eigenvalue weighted by molar-refractivity contribution is -0.336. The minimum atomic E-state index is -1.78. The molecular weight excluding hydrogens is 929 g/mol. The van der Waals surface area contributed by atoms with Crippen LogP contribution in [0.5, 0.6) is 17.2 Å². The van der Waals surface area contributed by atoms with Crippen LogP contribution in [0, 0.1) is 69.5 Å². The average molecular weight is 1010 g/mol. The van der Waals surface area contributed by atoms with Crippen molar-refractivity contribution in [2.45, 2.75) is 191 Å². The van der Waals surface area contributed by atoms with E-state index in [0.717, 1.165) is 30.7 Å². The number of phenolic OH excluding ortho intramolecular Hbond substituents is 2. The zero-order valence-electron chi connectivity index (χ0n) is 42.7. The van der Waals surface area contributed by atoms with Crippen molar-refractivity contribution in [3.63, 3.8) is 0 Å². The molecule has 12 aliphatic rings. The Morgan fingerprint density at radius 2 is 1.70 bits per heavy atom. The molecule has 0 aromatic heterocycles. The molecule has 2 aromatic rings. The van der Waals surface area contributed by atoms with Crippen LogP contribution in [0.25, 0.3) is 10.8 Å². The number of carbonyl (C=O) groups is 2. The highest BCUT2D eigenvalue weighted by Gasteiger charge is 2.73. The molecule has 3 saturated heterocycles. The molecule has 7 saturated carbocycles. The molecule has 7 N–H and O–H groups in total. The molecule has 8 aliphatic carbocycles. The second kappa shape index (κ2) is 16.2. The van der Waals surface area contributed by atoms with Crippen LogP contribution in [-0.4, -0.2) is 110 Å². The summed E-state index contributed by atoms with van der Waals surface area (Å²) in [5.74, 6) is -0.797. The van der Waals surface area contributed by atoms with Crippen molar-refractivity contribution in [2.24, 2.45) is 62.6 Å². The molecule has 10 fully saturated rings. The minimum Gasteiger partial charge on any atom is -0.507 e. The Morgan fingerprint density at radius 3 is 2.51 bits per heavy atom. The molecule has 73 heavy (non-hydrogen) atoms. The molecule has 4 bridgehead atoms. The van der Waals surface area contributed by atoms with E-state index < -0.39 is 65.7 Å². The third kappa shape index (κ3) is 6.27. The van der Waals surface area contributed by atoms with Gasteiger partial charge in [-0.15, -0.1) is 0 Å². The highest BCUT2D eigenvalue weighted by Crippen LogP contribution is 2.81. The molecule has 4 heterocycles. The third-order valence-electron chi connectivity index (χ3n) is 24.0. The molecule has 18 atom stereocenters. The monoisotopic (exact) mass is 1000 g/mol. The first kappa shape index (κ1) is 47.9. The number of aliphatic hydroxyl groups is 4. The average Bonchev–Trinajstić information content (AvgIpc) is 4.19. The zero-order valence-corrected chi connectivity index (χ0v) is 42.7. The van der Waals surface area contributed by atoms with Crippen molar-refractivity contribution in [3.05, 3.63) is 51.6 Å². The van der Waals surface area contributed by atoms with Crippen molar-refractivity contribution in [1.29, 1.82) is 0 Å². The van der Waals surface area contributed by atoms with E-state index in [4.69, 9.17) is 18.9 Å². The van der Waals surface area contributed by atoms with Gasteiger partial charge in [-0.2, -0.15) is 0 Å². The number of Topliss-reactive ketones (excluding diaryl/α,β-unsaturated/α-hetero) is 1. The number of ketones is 1. The Morgan fingerprint density at radius 1 is 0.877 bits per heavy atom. The van der Waals surface area contributed by atoms with Crippen LogP contribution in [0.15, 0.2) is 34.9 Å². The number of fused-ring (bicyclic) bond motifs is 5. The lowest BCUT2D eigenvalue weighted by atomic mass is 9.42. The Kier molecular flexibility index (Phi) is 10.6. The number of aromatic carboxylic acids is 1. The smallest absolute Gasteiger partial charge is 0.335 e. The lowest BCUT2D eigenvalue weighted by Gasteiger charge is -2.64. The predicted octanol–water partition coefficient (Wildman–Crippen LogP) is 8.97. The molecule has 0 radical (unpaired) electrons. The third-order valence-corrected chi connectivity index (χ3v) is 24.0. The zero-order chi connectivity index (χ0) is 50.4. The second-order valence-electron chi connectivity index (χ2n) is 26.6. The Bertz CT molecular complexity index is 2760. The lowest BCUT2D eigenvalue weighted by Crippen LogP contribution is -2.71. The molecule has 13 nitrogen and oxygen atoms in total. The Hall–Kier alpha value is -3.56. The van der Waals surface area contributed by atoms with Gasteiger partial charge in [0.1, 0.15) is 41.2 Å². The van der Waals surface area contributed by atoms with E-state index in [9.17, 15) is 45.3 Å². The van der Waals surface area contributed by atoms with Crippen molar-refractivity contribution in [2.75, 3.05) is 19.8 Å². The van der Waals surface area contributed by atoms with Crippen molar-refractivity contribution in [3.8, 4) is 17.2 Å². The standard InChI is InChI=1S/C60H76O13/c1-30-44(31(2)62)49(65)46-37(48(30)64)21-32(53(68)69)22-43(46)71-54-50(66)51(67)60-25-38-39-24-55(15-17-57(27-55)14-12-35-6-3-5-34-7-4-13-56(34)16-18-59(35,57)28-56)23-33-26-70-29-58(19-20-61,47(33)39)40-9-8-36(45(38)40)42(73-60)11-10-41(63)52(60)72-54/h9,21-22,33-35,38-39,41-42,47,50-52,54,61,63-67H,3-8,10-20,23-29H2,1-2H3,(H,68,69)/t33-,34-,35-,38-,39+,41-,42+,47-,50+,51+,52+,54+,55-,56+,57-,58-,59+,60-/m0/s1. The SMILES string of the molecule is CC(=O)c1c(C)c(O)c2cc(C(=O)O)cc(O[C@@H]3O[C@@H]4[C@@H](O)CC[C@H]5O[C@@]4(C[C@@H]4C6=C5CC=C6[C@]5(CCO)COC[C@@H]6C[C@@]7(CC[C@@]8(CC[C@@H]9CCC[C@H]%10CCC[C@]%10%11CC[C@@]98C%11)C7)C[C@H]4[C@H]65)[C@H](O)[C@H]3O)c2c1O. The molecule has 14 rings (SSSR count). The number of aliphatic hydroxyl groups excluding tert-OH is 4. The fourth-order valence-corrected chi connectivity index (χ4v) is 21.6. The summed E-state index contributed by atoms with van der Waals surface area (Å²) in [5.41, 5.74) is 2.83. The molecule has 0 unspecified atom stereocenters. The molecule has 4 aliphatic heterocycles. The van der Waals surface area contributed by atoms with Gasteiger partial charge in [-0.1, -0.05) is 18.9 Å². The summed E-state index contributed by atoms with van der Waals surface area (Å²) in [6, 6.07) is 2.32. The fraction of sp³-hybridized carbons (Fsp3) is 0.733. The summed E-state index contributed by atoms with van der Waals surface area (Å²) in [7, 11) is 0. The number of aromatic hydroxyl groups is 2. The number of carboxylic acids is 1. The van der Waals surface area contributed by atoms with Gasteiger partial charge in [-0.3, -0.25) is 4.79 Å². The number of hydrogen-bond acceptors (Lipinski definition) is 12. The predicted molar refractivity (Wildman–Crippen MR) is 267 cm³/mol. The largest absolute Gasteiger partial charge is 0.507 e. The van der Waals surface area contributed by atoms with E-state index in [1.807, 2.05) is 0 Å². The highest BCUT2D eigenvalue weighted by molar-refractivity contribution is 6.11. The number of ether oxygens (including phenoxy) is 4. The quantitative estimate of drug-likeness (QED) is 0.107. The van der Waals surface area contributed by atoms with E-state index >= 15 is 0 Å². The number of rotatable bonds is 6. The maximum atomic E-state index is 13.0. The van der Waals surface area contributed by atoms with Gasteiger partial charge < -0.3 is 54.7 Å². The van der Waals surface area contributed by atoms with Crippen LogP contribution < -0.4 is 4.74 Å². The Balaban J connectivity index is 0.849. The normalized spacial score (nSPS) is 47.0. The molecule has 13 heteroatoms. The highest BCUT2D eigenvalue weighted by atomic mass is 16.7. The number of allylic oxidation sites excluding steroid dienone is 2. The topological polar surface area (TPSA) is 213 Å². The van der Waals surface area contributed by atoms with E-state index in [-0.39, 0.29) is 74.8 Å². The Labute approximate surface area is 427 Å². The van der Waals surface area contributed by atoms with Gasteiger partial charge in [-0.25, -0.2) is 4.79 Å². The van der Waals surface area contributed by atoms with Crippen molar-refractivity contribution in [1.82, 2.24) is 0 Å². The molecule has 2 aromatic carbocycles. The van der Waals surface area contributed by atoms with Gasteiger partial charge >= 0.3 is 5.97 Å². The molecular formula is C60H76O13. The fourth-order valence-electron chi connectivity index (χ4n) is 21.6. The van der Waals surface area contributed by atoms with Crippen LogP contribution in [0.1, 0.15) is 168 Å². The van der Waals surface area contributed by atoms with Crippen molar-refractivity contribution >= 4 is 22.5 Å². The van der Waals surface area contributed by atoms with Crippen LogP contribution in [0.2, 0.25) is 0 Å². The first-order chi connectivity index (χ1) is 35.0. The van der Waals surface area contributed by atoms with Crippen LogP contribution >= 0.6 is 0 Å². The molecule has 5 spiro atoms. The van der Waals surface area contributed by atoms with E-state index in [2.05, 4.69) is 6.08 Å².